The summed E-state index contributed by atoms with van der Waals surface area (Å²) in [6, 6.07) is 11.9. The summed E-state index contributed by atoms with van der Waals surface area (Å²) in [5, 5.41) is 20.1. The topological polar surface area (TPSA) is 109 Å². The molecule has 2 amide bonds. The SMILES string of the molecule is CNC(=O)c1cc(C(=O)NCCc2cnn(C)c2)cc([C@H](O)c2ccccc2)n1. The average molecular weight is 393 g/mol. The van der Waals surface area contributed by atoms with Crippen molar-refractivity contribution in [3.8, 4) is 0 Å². The molecule has 0 aliphatic carbocycles. The molecule has 3 rings (SSSR count). The van der Waals surface area contributed by atoms with Crippen molar-refractivity contribution < 1.29 is 14.7 Å². The zero-order chi connectivity index (χ0) is 20.8. The van der Waals surface area contributed by atoms with Gasteiger partial charge in [0.1, 0.15) is 11.8 Å². The second-order valence-corrected chi connectivity index (χ2v) is 6.59. The van der Waals surface area contributed by atoms with Crippen molar-refractivity contribution in [3.05, 3.63) is 82.9 Å². The normalized spacial score (nSPS) is 11.7. The fourth-order valence-corrected chi connectivity index (χ4v) is 2.90. The minimum atomic E-state index is -1.05. The van der Waals surface area contributed by atoms with Gasteiger partial charge in [-0.15, -0.1) is 0 Å². The van der Waals surface area contributed by atoms with Gasteiger partial charge in [0, 0.05) is 32.4 Å². The molecular formula is C21H23N5O3. The second kappa shape index (κ2) is 9.11. The smallest absolute Gasteiger partial charge is 0.269 e. The summed E-state index contributed by atoms with van der Waals surface area (Å²) in [7, 11) is 3.32. The maximum atomic E-state index is 12.6. The van der Waals surface area contributed by atoms with E-state index >= 15 is 0 Å². The Balaban J connectivity index is 1.80. The second-order valence-electron chi connectivity index (χ2n) is 6.59. The third-order valence-corrected chi connectivity index (χ3v) is 4.42. The number of pyridine rings is 1. The number of aryl methyl sites for hydroxylation is 1. The monoisotopic (exact) mass is 393 g/mol. The van der Waals surface area contributed by atoms with Crippen LogP contribution in [0, 0.1) is 0 Å². The van der Waals surface area contributed by atoms with Crippen molar-refractivity contribution in [3.63, 3.8) is 0 Å². The van der Waals surface area contributed by atoms with E-state index < -0.39 is 12.0 Å². The number of hydrogen-bond acceptors (Lipinski definition) is 5. The Labute approximate surface area is 168 Å². The molecule has 3 N–H and O–H groups in total. The Morgan fingerprint density at radius 2 is 1.93 bits per heavy atom. The number of aromatic nitrogens is 3. The lowest BCUT2D eigenvalue weighted by Gasteiger charge is -2.14. The van der Waals surface area contributed by atoms with Gasteiger partial charge in [-0.2, -0.15) is 5.10 Å². The van der Waals surface area contributed by atoms with Gasteiger partial charge in [0.2, 0.25) is 0 Å². The Morgan fingerprint density at radius 1 is 1.17 bits per heavy atom. The molecule has 0 bridgehead atoms. The average Bonchev–Trinajstić information content (AvgIpc) is 3.17. The lowest BCUT2D eigenvalue weighted by atomic mass is 10.0. The molecule has 0 spiro atoms. The van der Waals surface area contributed by atoms with Crippen molar-refractivity contribution in [2.24, 2.45) is 7.05 Å². The predicted octanol–water partition coefficient (Wildman–Crippen LogP) is 1.23. The molecule has 0 aliphatic heterocycles. The summed E-state index contributed by atoms with van der Waals surface area (Å²) >= 11 is 0. The zero-order valence-electron chi connectivity index (χ0n) is 16.3. The number of carbonyl (C=O) groups excluding carboxylic acids is 2. The maximum absolute atomic E-state index is 12.6. The molecule has 8 heteroatoms. The van der Waals surface area contributed by atoms with Crippen molar-refractivity contribution in [1.29, 1.82) is 0 Å². The van der Waals surface area contributed by atoms with Crippen molar-refractivity contribution in [1.82, 2.24) is 25.4 Å². The number of nitrogens with zero attached hydrogens (tertiary/aromatic N) is 3. The number of aliphatic hydroxyl groups excluding tert-OH is 1. The minimum Gasteiger partial charge on any atom is -0.382 e. The molecule has 3 aromatic rings. The largest absolute Gasteiger partial charge is 0.382 e. The molecule has 0 radical (unpaired) electrons. The molecule has 1 atom stereocenters. The first-order valence-electron chi connectivity index (χ1n) is 9.20. The lowest BCUT2D eigenvalue weighted by molar-refractivity contribution is 0.0953. The number of carbonyl (C=O) groups is 2. The highest BCUT2D eigenvalue weighted by molar-refractivity contribution is 5.98. The standard InChI is InChI=1S/C21H23N5O3/c1-22-21(29)18-11-16(20(28)23-9-8-14-12-24-26(2)13-14)10-17(25-18)19(27)15-6-4-3-5-7-15/h3-7,10-13,19,27H,8-9H2,1-2H3,(H,22,29)(H,23,28)/t19-/m1/s1. The summed E-state index contributed by atoms with van der Waals surface area (Å²) in [5.74, 6) is -0.778. The Bertz CT molecular complexity index is 1000. The molecular weight excluding hydrogens is 370 g/mol. The fourth-order valence-electron chi connectivity index (χ4n) is 2.90. The summed E-state index contributed by atoms with van der Waals surface area (Å²) < 4.78 is 1.70. The molecule has 0 fully saturated rings. The van der Waals surface area contributed by atoms with E-state index in [0.717, 1.165) is 5.56 Å². The van der Waals surface area contributed by atoms with E-state index in [-0.39, 0.29) is 22.9 Å². The van der Waals surface area contributed by atoms with Crippen molar-refractivity contribution in [2.75, 3.05) is 13.6 Å². The van der Waals surface area contributed by atoms with Gasteiger partial charge in [0.25, 0.3) is 11.8 Å². The van der Waals surface area contributed by atoms with Gasteiger partial charge in [-0.25, -0.2) is 4.98 Å². The van der Waals surface area contributed by atoms with Crippen LogP contribution in [0.25, 0.3) is 0 Å². The number of hydrogen-bond donors (Lipinski definition) is 3. The first-order chi connectivity index (χ1) is 14.0. The van der Waals surface area contributed by atoms with Gasteiger partial charge in [0.05, 0.1) is 11.9 Å². The summed E-state index contributed by atoms with van der Waals surface area (Å²) in [6.45, 7) is 0.415. The highest BCUT2D eigenvalue weighted by Gasteiger charge is 2.19. The first-order valence-corrected chi connectivity index (χ1v) is 9.20. The molecule has 0 saturated heterocycles. The number of rotatable bonds is 7. The van der Waals surface area contributed by atoms with Gasteiger partial charge in [-0.3, -0.25) is 14.3 Å². The van der Waals surface area contributed by atoms with E-state index in [1.54, 1.807) is 35.1 Å². The van der Waals surface area contributed by atoms with Crippen LogP contribution in [-0.2, 0) is 13.5 Å². The van der Waals surface area contributed by atoms with Crippen LogP contribution in [0.2, 0.25) is 0 Å². The number of nitrogens with one attached hydrogen (secondary N) is 2. The molecule has 2 aromatic heterocycles. The molecule has 0 unspecified atom stereocenters. The number of aliphatic hydroxyl groups is 1. The van der Waals surface area contributed by atoms with Crippen LogP contribution in [0.1, 0.15) is 43.8 Å². The quantitative estimate of drug-likeness (QED) is 0.559. The number of benzene rings is 1. The van der Waals surface area contributed by atoms with Gasteiger partial charge < -0.3 is 15.7 Å². The molecule has 0 aliphatic rings. The maximum Gasteiger partial charge on any atom is 0.269 e. The van der Waals surface area contributed by atoms with E-state index in [2.05, 4.69) is 20.7 Å². The summed E-state index contributed by atoms with van der Waals surface area (Å²) in [5.41, 5.74) is 2.19. The highest BCUT2D eigenvalue weighted by Crippen LogP contribution is 2.21. The Kier molecular flexibility index (Phi) is 6.36. The van der Waals surface area contributed by atoms with Crippen LogP contribution < -0.4 is 10.6 Å². The zero-order valence-corrected chi connectivity index (χ0v) is 16.3. The molecule has 150 valence electrons. The molecule has 2 heterocycles. The van der Waals surface area contributed by atoms with E-state index in [1.807, 2.05) is 19.3 Å². The van der Waals surface area contributed by atoms with Crippen molar-refractivity contribution in [2.45, 2.75) is 12.5 Å². The molecule has 29 heavy (non-hydrogen) atoms. The van der Waals surface area contributed by atoms with Gasteiger partial charge >= 0.3 is 0 Å². The van der Waals surface area contributed by atoms with Crippen LogP contribution in [0.4, 0.5) is 0 Å². The van der Waals surface area contributed by atoms with E-state index in [4.69, 9.17) is 0 Å². The van der Waals surface area contributed by atoms with E-state index in [1.165, 1.54) is 19.2 Å². The summed E-state index contributed by atoms with van der Waals surface area (Å²) in [4.78, 5) is 29.0. The van der Waals surface area contributed by atoms with E-state index in [0.29, 0.717) is 18.5 Å². The minimum absolute atomic E-state index is 0.0670. The van der Waals surface area contributed by atoms with Gasteiger partial charge in [-0.05, 0) is 29.7 Å². The fraction of sp³-hybridized carbons (Fsp3) is 0.238. The highest BCUT2D eigenvalue weighted by atomic mass is 16.3. The van der Waals surface area contributed by atoms with Crippen LogP contribution in [-0.4, -0.2) is 45.3 Å². The van der Waals surface area contributed by atoms with Crippen LogP contribution in [0.5, 0.6) is 0 Å². The van der Waals surface area contributed by atoms with Gasteiger partial charge in [-0.1, -0.05) is 30.3 Å². The predicted molar refractivity (Wildman–Crippen MR) is 107 cm³/mol. The van der Waals surface area contributed by atoms with Gasteiger partial charge in [0.15, 0.2) is 0 Å². The third-order valence-electron chi connectivity index (χ3n) is 4.42. The molecule has 8 nitrogen and oxygen atoms in total. The van der Waals surface area contributed by atoms with Crippen LogP contribution in [0.15, 0.2) is 54.9 Å². The third kappa shape index (κ3) is 5.05. The van der Waals surface area contributed by atoms with Crippen LogP contribution in [0.3, 0.4) is 0 Å². The van der Waals surface area contributed by atoms with Crippen LogP contribution >= 0.6 is 0 Å². The molecule has 0 saturated carbocycles. The summed E-state index contributed by atoms with van der Waals surface area (Å²) in [6.07, 6.45) is 3.21. The molecule has 1 aromatic carbocycles. The Morgan fingerprint density at radius 3 is 2.59 bits per heavy atom. The number of amides is 2. The first kappa shape index (κ1) is 20.2. The van der Waals surface area contributed by atoms with Crippen molar-refractivity contribution >= 4 is 11.8 Å². The Hall–Kier alpha value is -3.52. The van der Waals surface area contributed by atoms with E-state index in [9.17, 15) is 14.7 Å². The lowest BCUT2D eigenvalue weighted by Crippen LogP contribution is -2.27.